The predicted molar refractivity (Wildman–Crippen MR) is 87.7 cm³/mol. The molecular weight excluding hydrogens is 322 g/mol. The van der Waals surface area contributed by atoms with Crippen LogP contribution in [-0.4, -0.2) is 26.1 Å². The van der Waals surface area contributed by atoms with Crippen molar-refractivity contribution in [2.24, 2.45) is 5.92 Å². The Kier molecular flexibility index (Phi) is 5.87. The topological polar surface area (TPSA) is 63.2 Å². The highest BCUT2D eigenvalue weighted by Gasteiger charge is 2.23. The lowest BCUT2D eigenvalue weighted by atomic mass is 9.86. The second-order valence-electron chi connectivity index (χ2n) is 5.96. The molecule has 0 bridgehead atoms. The lowest BCUT2D eigenvalue weighted by Crippen LogP contribution is -2.41. The number of amides is 1. The van der Waals surface area contributed by atoms with E-state index in [9.17, 15) is 13.2 Å². The first kappa shape index (κ1) is 17.3. The summed E-state index contributed by atoms with van der Waals surface area (Å²) in [6, 6.07) is 6.20. The molecule has 122 valence electrons. The van der Waals surface area contributed by atoms with E-state index in [0.717, 1.165) is 19.3 Å². The summed E-state index contributed by atoms with van der Waals surface area (Å²) in [7, 11) is -3.45. The van der Waals surface area contributed by atoms with Crippen molar-refractivity contribution in [1.82, 2.24) is 5.32 Å². The largest absolute Gasteiger partial charge is 0.353 e. The molecule has 0 saturated heterocycles. The number of nitrogens with one attached hydrogen (secondary N) is 1. The summed E-state index contributed by atoms with van der Waals surface area (Å²) in [5.41, 5.74) is 0. The summed E-state index contributed by atoms with van der Waals surface area (Å²) in [5, 5.41) is 3.47. The fraction of sp³-hybridized carbons (Fsp3) is 0.562. The molecule has 4 nitrogen and oxygen atoms in total. The molecule has 0 heterocycles. The third-order valence-corrected chi connectivity index (χ3v) is 6.21. The lowest BCUT2D eigenvalue weighted by Gasteiger charge is -2.29. The zero-order chi connectivity index (χ0) is 16.2. The number of carbonyl (C=O) groups excluding carboxylic acids is 1. The van der Waals surface area contributed by atoms with Crippen molar-refractivity contribution in [2.75, 3.05) is 5.75 Å². The van der Waals surface area contributed by atoms with E-state index in [1.54, 1.807) is 0 Å². The van der Waals surface area contributed by atoms with Crippen molar-refractivity contribution in [3.8, 4) is 0 Å². The first-order valence-corrected chi connectivity index (χ1v) is 9.69. The van der Waals surface area contributed by atoms with Gasteiger partial charge in [-0.15, -0.1) is 0 Å². The third-order valence-electron chi connectivity index (χ3n) is 4.23. The minimum atomic E-state index is -3.45. The molecule has 2 unspecified atom stereocenters. The van der Waals surface area contributed by atoms with Gasteiger partial charge in [0.05, 0.1) is 10.6 Å². The van der Waals surface area contributed by atoms with E-state index in [1.165, 1.54) is 30.7 Å². The van der Waals surface area contributed by atoms with Crippen LogP contribution in [0.4, 0.5) is 0 Å². The summed E-state index contributed by atoms with van der Waals surface area (Å²) in [4.78, 5) is 12.2. The molecule has 1 N–H and O–H groups in total. The molecule has 0 spiro atoms. The molecule has 1 fully saturated rings. The highest BCUT2D eigenvalue weighted by molar-refractivity contribution is 7.91. The number of carbonyl (C=O) groups is 1. The number of hydrogen-bond donors (Lipinski definition) is 1. The van der Waals surface area contributed by atoms with Crippen LogP contribution in [0, 0.1) is 5.92 Å². The van der Waals surface area contributed by atoms with Gasteiger partial charge >= 0.3 is 0 Å². The number of halogens is 1. The van der Waals surface area contributed by atoms with Crippen LogP contribution < -0.4 is 5.32 Å². The first-order valence-electron chi connectivity index (χ1n) is 7.66. The van der Waals surface area contributed by atoms with Crippen LogP contribution in [0.25, 0.3) is 0 Å². The minimum Gasteiger partial charge on any atom is -0.353 e. The monoisotopic (exact) mass is 343 g/mol. The fourth-order valence-electron chi connectivity index (χ4n) is 2.80. The summed E-state index contributed by atoms with van der Waals surface area (Å²) in [6.45, 7) is 2.13. The maximum Gasteiger partial charge on any atom is 0.221 e. The van der Waals surface area contributed by atoms with E-state index in [0.29, 0.717) is 10.9 Å². The molecule has 2 rings (SSSR count). The molecule has 1 amide bonds. The minimum absolute atomic E-state index is 0.00577. The van der Waals surface area contributed by atoms with Crippen molar-refractivity contribution < 1.29 is 13.2 Å². The molecule has 0 aromatic heterocycles. The number of sulfone groups is 1. The van der Waals surface area contributed by atoms with Gasteiger partial charge in [0.15, 0.2) is 9.84 Å². The molecule has 1 aromatic rings. The van der Waals surface area contributed by atoms with Gasteiger partial charge in [-0.3, -0.25) is 4.79 Å². The van der Waals surface area contributed by atoms with Crippen molar-refractivity contribution in [2.45, 2.75) is 50.0 Å². The van der Waals surface area contributed by atoms with Crippen molar-refractivity contribution in [1.29, 1.82) is 0 Å². The van der Waals surface area contributed by atoms with E-state index in [-0.39, 0.29) is 29.0 Å². The van der Waals surface area contributed by atoms with Crippen molar-refractivity contribution in [3.05, 3.63) is 29.3 Å². The molecule has 22 heavy (non-hydrogen) atoms. The van der Waals surface area contributed by atoms with Crippen LogP contribution in [0.15, 0.2) is 29.2 Å². The van der Waals surface area contributed by atoms with E-state index < -0.39 is 9.84 Å². The van der Waals surface area contributed by atoms with Gasteiger partial charge in [-0.05, 0) is 43.0 Å². The molecular formula is C16H22ClNO3S. The van der Waals surface area contributed by atoms with Crippen LogP contribution in [0.2, 0.25) is 5.02 Å². The smallest absolute Gasteiger partial charge is 0.221 e. The second kappa shape index (κ2) is 7.47. The number of benzene rings is 1. The molecule has 2 atom stereocenters. The molecule has 1 aromatic carbocycles. The van der Waals surface area contributed by atoms with E-state index in [4.69, 9.17) is 11.6 Å². The maximum absolute atomic E-state index is 12.2. The van der Waals surface area contributed by atoms with Gasteiger partial charge < -0.3 is 5.32 Å². The van der Waals surface area contributed by atoms with Gasteiger partial charge in [-0.1, -0.05) is 31.4 Å². The van der Waals surface area contributed by atoms with E-state index in [2.05, 4.69) is 12.2 Å². The molecule has 6 heteroatoms. The summed E-state index contributed by atoms with van der Waals surface area (Å²) in [5.74, 6) is 0.100. The van der Waals surface area contributed by atoms with Crippen molar-refractivity contribution in [3.63, 3.8) is 0 Å². The van der Waals surface area contributed by atoms with Crippen LogP contribution in [-0.2, 0) is 14.6 Å². The molecule has 1 aliphatic carbocycles. The maximum atomic E-state index is 12.2. The van der Waals surface area contributed by atoms with E-state index >= 15 is 0 Å². The summed E-state index contributed by atoms with van der Waals surface area (Å²) < 4.78 is 24.4. The average molecular weight is 344 g/mol. The highest BCUT2D eigenvalue weighted by Crippen LogP contribution is 2.23. The standard InChI is InChI=1S/C16H22ClNO3S/c1-12-4-2-3-5-15(12)18-16(19)10-11-22(20,21)14-8-6-13(17)7-9-14/h6-9,12,15H,2-5,10-11H2,1H3,(H,18,19). The molecule has 0 aliphatic heterocycles. The Labute approximate surface area is 137 Å². The average Bonchev–Trinajstić information content (AvgIpc) is 2.48. The highest BCUT2D eigenvalue weighted by atomic mass is 35.5. The van der Waals surface area contributed by atoms with Gasteiger partial charge in [0.1, 0.15) is 0 Å². The Balaban J connectivity index is 1.88. The zero-order valence-electron chi connectivity index (χ0n) is 12.7. The predicted octanol–water partition coefficient (Wildman–Crippen LogP) is 3.20. The number of rotatable bonds is 5. The Bertz CT molecular complexity index is 613. The van der Waals surface area contributed by atoms with Gasteiger partial charge in [-0.2, -0.15) is 0 Å². The second-order valence-corrected chi connectivity index (χ2v) is 8.50. The van der Waals surface area contributed by atoms with E-state index in [1.807, 2.05) is 0 Å². The van der Waals surface area contributed by atoms with Crippen LogP contribution in [0.5, 0.6) is 0 Å². The SMILES string of the molecule is CC1CCCCC1NC(=O)CCS(=O)(=O)c1ccc(Cl)cc1. The van der Waals surface area contributed by atoms with Crippen LogP contribution in [0.3, 0.4) is 0 Å². The normalized spacial score (nSPS) is 22.3. The zero-order valence-corrected chi connectivity index (χ0v) is 14.3. The first-order chi connectivity index (χ1) is 10.4. The Hall–Kier alpha value is -1.07. The molecule has 0 radical (unpaired) electrons. The fourth-order valence-corrected chi connectivity index (χ4v) is 4.16. The van der Waals surface area contributed by atoms with Crippen LogP contribution in [0.1, 0.15) is 39.0 Å². The third kappa shape index (κ3) is 4.71. The quantitative estimate of drug-likeness (QED) is 0.893. The van der Waals surface area contributed by atoms with Gasteiger partial charge in [-0.25, -0.2) is 8.42 Å². The van der Waals surface area contributed by atoms with Gasteiger partial charge in [0.2, 0.25) is 5.91 Å². The van der Waals surface area contributed by atoms with Crippen molar-refractivity contribution >= 4 is 27.3 Å². The number of hydrogen-bond acceptors (Lipinski definition) is 3. The Morgan fingerprint density at radius 3 is 2.50 bits per heavy atom. The molecule has 1 aliphatic rings. The summed E-state index contributed by atoms with van der Waals surface area (Å²) >= 11 is 5.75. The Morgan fingerprint density at radius 2 is 1.86 bits per heavy atom. The molecule has 1 saturated carbocycles. The van der Waals surface area contributed by atoms with Gasteiger partial charge in [0.25, 0.3) is 0 Å². The van der Waals surface area contributed by atoms with Gasteiger partial charge in [0, 0.05) is 17.5 Å². The lowest BCUT2D eigenvalue weighted by molar-refractivity contribution is -0.122. The Morgan fingerprint density at radius 1 is 1.23 bits per heavy atom. The summed E-state index contributed by atoms with van der Waals surface area (Å²) in [6.07, 6.45) is 4.43. The van der Waals surface area contributed by atoms with Crippen LogP contribution >= 0.6 is 11.6 Å².